The van der Waals surface area contributed by atoms with E-state index in [1.165, 1.54) is 39.8 Å². The lowest BCUT2D eigenvalue weighted by Crippen LogP contribution is -2.46. The van der Waals surface area contributed by atoms with E-state index in [0.29, 0.717) is 23.7 Å². The molecule has 0 amide bonds. The second kappa shape index (κ2) is 9.71. The molecule has 0 bridgehead atoms. The van der Waals surface area contributed by atoms with Crippen molar-refractivity contribution in [3.63, 3.8) is 0 Å². The predicted molar refractivity (Wildman–Crippen MR) is 135 cm³/mol. The van der Waals surface area contributed by atoms with Crippen LogP contribution >= 0.6 is 11.3 Å². The van der Waals surface area contributed by atoms with E-state index in [1.807, 2.05) is 0 Å². The Morgan fingerprint density at radius 2 is 2.00 bits per heavy atom. The first kappa shape index (κ1) is 22.7. The van der Waals surface area contributed by atoms with Crippen molar-refractivity contribution >= 4 is 45.0 Å². The number of carboxylic acid groups (broad SMARTS) is 1. The molecule has 0 radical (unpaired) electrons. The first-order chi connectivity index (χ1) is 17.1. The van der Waals surface area contributed by atoms with Crippen molar-refractivity contribution in [2.45, 2.75) is 63.6 Å². The molecular formula is C24H31N7O3S. The fourth-order valence-electron chi connectivity index (χ4n) is 5.66. The molecule has 0 aromatic carbocycles. The van der Waals surface area contributed by atoms with Crippen LogP contribution in [0.2, 0.25) is 0 Å². The fourth-order valence-corrected chi connectivity index (χ4v) is 6.92. The molecule has 6 rings (SSSR count). The summed E-state index contributed by atoms with van der Waals surface area (Å²) < 4.78 is 6.91. The van der Waals surface area contributed by atoms with Crippen molar-refractivity contribution in [1.29, 1.82) is 0 Å². The highest BCUT2D eigenvalue weighted by Gasteiger charge is 2.29. The summed E-state index contributed by atoms with van der Waals surface area (Å²) in [6, 6.07) is 1.06. The van der Waals surface area contributed by atoms with Crippen molar-refractivity contribution in [1.82, 2.24) is 24.6 Å². The standard InChI is InChI=1S/C24H31N7O3S/c32-20(33)14-31-13-16(12-25-31)27-24-28-22(21-18-2-1-3-19(18)35-23(21)29-24)26-15-4-6-17(7-5-15)30-8-10-34-11-9-30/h12-13,15,17H,1-11,14H2,(H,32,33)(H2,26,27,28,29)/t15-,17-. The van der Waals surface area contributed by atoms with E-state index in [2.05, 4.69) is 20.6 Å². The summed E-state index contributed by atoms with van der Waals surface area (Å²) in [5.41, 5.74) is 2.09. The molecule has 2 aliphatic carbocycles. The van der Waals surface area contributed by atoms with Gasteiger partial charge in [-0.1, -0.05) is 0 Å². The number of rotatable bonds is 7. The number of aromatic nitrogens is 4. The van der Waals surface area contributed by atoms with Crippen LogP contribution in [0.15, 0.2) is 12.4 Å². The summed E-state index contributed by atoms with van der Waals surface area (Å²) in [6.07, 6.45) is 11.3. The maximum absolute atomic E-state index is 11.0. The van der Waals surface area contributed by atoms with Gasteiger partial charge in [-0.15, -0.1) is 11.3 Å². The zero-order valence-electron chi connectivity index (χ0n) is 19.7. The molecule has 4 heterocycles. The number of aryl methyl sites for hydroxylation is 2. The zero-order chi connectivity index (χ0) is 23.8. The van der Waals surface area contributed by atoms with Crippen LogP contribution in [0.25, 0.3) is 10.2 Å². The van der Waals surface area contributed by atoms with E-state index in [-0.39, 0.29) is 6.54 Å². The number of thiophene rings is 1. The molecule has 0 spiro atoms. The van der Waals surface area contributed by atoms with Crippen LogP contribution in [0, 0.1) is 0 Å². The van der Waals surface area contributed by atoms with Crippen LogP contribution in [-0.4, -0.2) is 74.1 Å². The van der Waals surface area contributed by atoms with Gasteiger partial charge in [-0.2, -0.15) is 10.1 Å². The highest BCUT2D eigenvalue weighted by molar-refractivity contribution is 7.19. The van der Waals surface area contributed by atoms with E-state index in [4.69, 9.17) is 19.8 Å². The average Bonchev–Trinajstić information content (AvgIpc) is 3.56. The van der Waals surface area contributed by atoms with Gasteiger partial charge < -0.3 is 20.5 Å². The van der Waals surface area contributed by atoms with Crippen LogP contribution in [-0.2, 0) is 28.9 Å². The Bertz CT molecular complexity index is 1210. The number of nitrogens with one attached hydrogen (secondary N) is 2. The second-order valence-electron chi connectivity index (χ2n) is 9.68. The summed E-state index contributed by atoms with van der Waals surface area (Å²) >= 11 is 1.77. The van der Waals surface area contributed by atoms with Crippen molar-refractivity contribution in [2.24, 2.45) is 0 Å². The first-order valence-corrected chi connectivity index (χ1v) is 13.4. The lowest BCUT2D eigenvalue weighted by atomic mass is 9.90. The molecule has 1 saturated carbocycles. The number of hydrogen-bond acceptors (Lipinski definition) is 9. The molecule has 1 aliphatic heterocycles. The van der Waals surface area contributed by atoms with Crippen molar-refractivity contribution in [3.8, 4) is 0 Å². The SMILES string of the molecule is O=C(O)Cn1cc(Nc2nc(N[C@H]3CC[C@H](N4CCOCC4)CC3)c3c4c(sc3n2)CCC4)cn1. The molecule has 186 valence electrons. The molecule has 1 saturated heterocycles. The molecule has 0 unspecified atom stereocenters. The van der Waals surface area contributed by atoms with Crippen LogP contribution in [0.3, 0.4) is 0 Å². The van der Waals surface area contributed by atoms with Crippen LogP contribution < -0.4 is 10.6 Å². The van der Waals surface area contributed by atoms with Gasteiger partial charge in [-0.25, -0.2) is 4.98 Å². The Hall–Kier alpha value is -2.76. The minimum absolute atomic E-state index is 0.181. The highest BCUT2D eigenvalue weighted by atomic mass is 32.1. The minimum atomic E-state index is -0.930. The van der Waals surface area contributed by atoms with Gasteiger partial charge >= 0.3 is 5.97 Å². The number of anilines is 3. The zero-order valence-corrected chi connectivity index (χ0v) is 20.5. The fraction of sp³-hybridized carbons (Fsp3) is 0.583. The predicted octanol–water partition coefficient (Wildman–Crippen LogP) is 3.26. The Morgan fingerprint density at radius 1 is 1.17 bits per heavy atom. The van der Waals surface area contributed by atoms with E-state index in [0.717, 1.165) is 62.6 Å². The Kier molecular flexibility index (Phi) is 6.29. The van der Waals surface area contributed by atoms with E-state index >= 15 is 0 Å². The first-order valence-electron chi connectivity index (χ1n) is 12.5. The molecule has 10 nitrogen and oxygen atoms in total. The number of hydrogen-bond donors (Lipinski definition) is 3. The number of carbonyl (C=O) groups is 1. The summed E-state index contributed by atoms with van der Waals surface area (Å²) in [4.78, 5) is 25.7. The molecule has 2 fully saturated rings. The number of carboxylic acids is 1. The van der Waals surface area contributed by atoms with E-state index < -0.39 is 5.97 Å². The molecule has 3 aromatic heterocycles. The van der Waals surface area contributed by atoms with Crippen molar-refractivity contribution < 1.29 is 14.6 Å². The van der Waals surface area contributed by atoms with E-state index in [1.54, 1.807) is 23.7 Å². The van der Waals surface area contributed by atoms with Crippen LogP contribution in [0.5, 0.6) is 0 Å². The van der Waals surface area contributed by atoms with Gasteiger partial charge in [0.05, 0.1) is 30.5 Å². The van der Waals surface area contributed by atoms with Gasteiger partial charge in [0.1, 0.15) is 17.2 Å². The average molecular weight is 498 g/mol. The lowest BCUT2D eigenvalue weighted by molar-refractivity contribution is -0.137. The molecule has 35 heavy (non-hydrogen) atoms. The van der Waals surface area contributed by atoms with Gasteiger partial charge in [0.2, 0.25) is 5.95 Å². The second-order valence-corrected chi connectivity index (χ2v) is 10.8. The summed E-state index contributed by atoms with van der Waals surface area (Å²) in [5.74, 6) is 0.502. The maximum Gasteiger partial charge on any atom is 0.325 e. The maximum atomic E-state index is 11.0. The molecule has 3 aromatic rings. The number of morpholine rings is 1. The van der Waals surface area contributed by atoms with Crippen LogP contribution in [0.4, 0.5) is 17.5 Å². The topological polar surface area (TPSA) is 117 Å². The third-order valence-electron chi connectivity index (χ3n) is 7.35. The minimum Gasteiger partial charge on any atom is -0.480 e. The summed E-state index contributed by atoms with van der Waals surface area (Å²) in [7, 11) is 0. The number of nitrogens with zero attached hydrogens (tertiary/aromatic N) is 5. The number of fused-ring (bicyclic) bond motifs is 3. The Morgan fingerprint density at radius 3 is 2.80 bits per heavy atom. The normalized spacial score (nSPS) is 22.9. The van der Waals surface area contributed by atoms with Gasteiger partial charge in [-0.05, 0) is 50.5 Å². The van der Waals surface area contributed by atoms with Gasteiger partial charge in [0, 0.05) is 36.2 Å². The monoisotopic (exact) mass is 497 g/mol. The molecule has 11 heteroatoms. The molecule has 0 atom stereocenters. The van der Waals surface area contributed by atoms with Crippen molar-refractivity contribution in [2.75, 3.05) is 36.9 Å². The number of aliphatic carboxylic acids is 1. The third-order valence-corrected chi connectivity index (χ3v) is 8.54. The molecule has 3 aliphatic rings. The summed E-state index contributed by atoms with van der Waals surface area (Å²) in [6.45, 7) is 3.62. The molecule has 3 N–H and O–H groups in total. The quantitative estimate of drug-likeness (QED) is 0.452. The Balaban J connectivity index is 1.21. The summed E-state index contributed by atoms with van der Waals surface area (Å²) in [5, 5.41) is 21.3. The van der Waals surface area contributed by atoms with Crippen LogP contribution in [0.1, 0.15) is 42.5 Å². The third kappa shape index (κ3) is 4.85. The van der Waals surface area contributed by atoms with Crippen molar-refractivity contribution in [3.05, 3.63) is 22.8 Å². The van der Waals surface area contributed by atoms with Gasteiger partial charge in [0.15, 0.2) is 0 Å². The van der Waals surface area contributed by atoms with E-state index in [9.17, 15) is 4.79 Å². The lowest BCUT2D eigenvalue weighted by Gasteiger charge is -2.39. The largest absolute Gasteiger partial charge is 0.480 e. The van der Waals surface area contributed by atoms with Gasteiger partial charge in [0.25, 0.3) is 0 Å². The number of ether oxygens (including phenoxy) is 1. The molecular weight excluding hydrogens is 466 g/mol. The Labute approximate surface area is 207 Å². The van der Waals surface area contributed by atoms with Gasteiger partial charge in [-0.3, -0.25) is 14.4 Å². The highest BCUT2D eigenvalue weighted by Crippen LogP contribution is 2.41. The smallest absolute Gasteiger partial charge is 0.325 e.